The van der Waals surface area contributed by atoms with Gasteiger partial charge in [0.1, 0.15) is 31.0 Å². The minimum absolute atomic E-state index is 0.181. The molecule has 124 valence electrons. The summed E-state index contributed by atoms with van der Waals surface area (Å²) in [5, 5.41) is 29.3. The molecule has 1 unspecified atom stereocenters. The molecule has 1 aliphatic rings. The maximum Gasteiger partial charge on any atom is 0.305 e. The van der Waals surface area contributed by atoms with Crippen molar-refractivity contribution in [2.75, 3.05) is 13.2 Å². The number of unbranched alkanes of at least 4 members (excludes halogenated alkanes) is 2. The third-order valence-electron chi connectivity index (χ3n) is 3.39. The van der Waals surface area contributed by atoms with Gasteiger partial charge in [-0.05, 0) is 13.3 Å². The fourth-order valence-electron chi connectivity index (χ4n) is 2.12. The van der Waals surface area contributed by atoms with Crippen molar-refractivity contribution >= 4 is 5.97 Å². The monoisotopic (exact) mass is 306 g/mol. The van der Waals surface area contributed by atoms with Gasteiger partial charge in [-0.15, -0.1) is 0 Å². The minimum Gasteiger partial charge on any atom is -0.463 e. The fraction of sp³-hybridized carbons (Fsp3) is 0.929. The van der Waals surface area contributed by atoms with E-state index >= 15 is 0 Å². The standard InChI is InChI=1S/C14H26O7/c1-3-5-6-7-10(15)20-8-9-11(16)12(17)13(18)14(21-9)19-4-2/h9,11-14,16-18H,3-8H2,1-2H3/t9-,11-,12+,13-,14?/m1/s1. The first-order valence-electron chi connectivity index (χ1n) is 7.48. The predicted molar refractivity (Wildman–Crippen MR) is 73.4 cm³/mol. The van der Waals surface area contributed by atoms with Crippen LogP contribution < -0.4 is 0 Å². The lowest BCUT2D eigenvalue weighted by atomic mass is 9.99. The molecule has 0 radical (unpaired) electrons. The zero-order valence-corrected chi connectivity index (χ0v) is 12.6. The number of aliphatic hydroxyl groups excluding tert-OH is 3. The van der Waals surface area contributed by atoms with Gasteiger partial charge in [0, 0.05) is 13.0 Å². The maximum atomic E-state index is 11.5. The molecule has 0 bridgehead atoms. The minimum atomic E-state index is -1.40. The van der Waals surface area contributed by atoms with Crippen LogP contribution in [0.2, 0.25) is 0 Å². The second kappa shape index (κ2) is 9.32. The Morgan fingerprint density at radius 1 is 1.10 bits per heavy atom. The molecule has 1 saturated heterocycles. The van der Waals surface area contributed by atoms with Crippen LogP contribution in [0.1, 0.15) is 39.5 Å². The molecule has 0 spiro atoms. The summed E-state index contributed by atoms with van der Waals surface area (Å²) in [7, 11) is 0. The summed E-state index contributed by atoms with van der Waals surface area (Å²) < 4.78 is 15.5. The first-order valence-corrected chi connectivity index (χ1v) is 7.48. The zero-order chi connectivity index (χ0) is 15.8. The largest absolute Gasteiger partial charge is 0.463 e. The summed E-state index contributed by atoms with van der Waals surface area (Å²) in [6, 6.07) is 0. The van der Waals surface area contributed by atoms with E-state index in [-0.39, 0.29) is 19.2 Å². The number of carbonyl (C=O) groups excluding carboxylic acids is 1. The van der Waals surface area contributed by atoms with E-state index in [1.807, 2.05) is 6.92 Å². The van der Waals surface area contributed by atoms with Crippen molar-refractivity contribution in [3.8, 4) is 0 Å². The Kier molecular flexibility index (Phi) is 8.13. The van der Waals surface area contributed by atoms with Gasteiger partial charge in [-0.2, -0.15) is 0 Å². The lowest BCUT2D eigenvalue weighted by Gasteiger charge is -2.39. The molecule has 0 aromatic rings. The molecule has 0 aromatic heterocycles. The first-order chi connectivity index (χ1) is 10.0. The van der Waals surface area contributed by atoms with E-state index in [2.05, 4.69) is 0 Å². The zero-order valence-electron chi connectivity index (χ0n) is 12.6. The van der Waals surface area contributed by atoms with Gasteiger partial charge in [-0.25, -0.2) is 0 Å². The average Bonchev–Trinajstić information content (AvgIpc) is 2.47. The molecule has 7 nitrogen and oxygen atoms in total. The van der Waals surface area contributed by atoms with Crippen molar-refractivity contribution in [2.24, 2.45) is 0 Å². The summed E-state index contributed by atoms with van der Waals surface area (Å²) in [5.41, 5.74) is 0. The molecule has 1 aliphatic heterocycles. The number of hydrogen-bond donors (Lipinski definition) is 3. The van der Waals surface area contributed by atoms with Gasteiger partial charge in [0.25, 0.3) is 0 Å². The molecule has 0 aromatic carbocycles. The van der Waals surface area contributed by atoms with E-state index < -0.39 is 30.7 Å². The SMILES string of the molecule is CCCCCC(=O)OC[C@H]1OC(OCC)[C@H](O)[C@@H](O)[C@@H]1O. The van der Waals surface area contributed by atoms with E-state index in [0.29, 0.717) is 6.42 Å². The van der Waals surface area contributed by atoms with Crippen LogP contribution in [0, 0.1) is 0 Å². The molecule has 0 saturated carbocycles. The van der Waals surface area contributed by atoms with Crippen molar-refractivity contribution in [3.05, 3.63) is 0 Å². The van der Waals surface area contributed by atoms with Gasteiger partial charge in [-0.1, -0.05) is 19.8 Å². The molecule has 1 heterocycles. The normalized spacial score (nSPS) is 32.9. The molecular formula is C14H26O7. The summed E-state index contributed by atoms with van der Waals surface area (Å²) in [6.07, 6.45) is -3.00. The molecule has 3 N–H and O–H groups in total. The molecule has 0 aliphatic carbocycles. The molecule has 1 rings (SSSR count). The molecule has 21 heavy (non-hydrogen) atoms. The van der Waals surface area contributed by atoms with E-state index in [9.17, 15) is 20.1 Å². The van der Waals surface area contributed by atoms with Crippen LogP contribution in [0.3, 0.4) is 0 Å². The number of esters is 1. The van der Waals surface area contributed by atoms with Gasteiger partial charge >= 0.3 is 5.97 Å². The molecule has 1 fully saturated rings. The summed E-state index contributed by atoms with van der Waals surface area (Å²) in [6.45, 7) is 3.86. The first kappa shape index (κ1) is 18.3. The van der Waals surface area contributed by atoms with E-state index in [1.165, 1.54) is 0 Å². The third-order valence-corrected chi connectivity index (χ3v) is 3.39. The third kappa shape index (κ3) is 5.52. The Hall–Kier alpha value is -0.730. The lowest BCUT2D eigenvalue weighted by molar-refractivity contribution is -0.300. The lowest BCUT2D eigenvalue weighted by Crippen LogP contribution is -2.59. The summed E-state index contributed by atoms with van der Waals surface area (Å²) in [4.78, 5) is 11.5. The van der Waals surface area contributed by atoms with Crippen molar-refractivity contribution in [1.82, 2.24) is 0 Å². The second-order valence-corrected chi connectivity index (χ2v) is 5.11. The van der Waals surface area contributed by atoms with Gasteiger partial charge in [0.2, 0.25) is 0 Å². The van der Waals surface area contributed by atoms with Gasteiger partial charge in [0.15, 0.2) is 6.29 Å². The Labute approximate surface area is 124 Å². The highest BCUT2D eigenvalue weighted by Gasteiger charge is 2.44. The van der Waals surface area contributed by atoms with Gasteiger partial charge < -0.3 is 29.5 Å². The number of ether oxygens (including phenoxy) is 3. The fourth-order valence-corrected chi connectivity index (χ4v) is 2.12. The highest BCUT2D eigenvalue weighted by Crippen LogP contribution is 2.22. The number of carbonyl (C=O) groups is 1. The average molecular weight is 306 g/mol. The Morgan fingerprint density at radius 2 is 1.81 bits per heavy atom. The smallest absolute Gasteiger partial charge is 0.305 e. The quantitative estimate of drug-likeness (QED) is 0.426. The number of rotatable bonds is 8. The summed E-state index contributed by atoms with van der Waals surface area (Å²) >= 11 is 0. The van der Waals surface area contributed by atoms with Crippen LogP contribution in [0.25, 0.3) is 0 Å². The van der Waals surface area contributed by atoms with E-state index in [1.54, 1.807) is 6.92 Å². The molecule has 7 heteroatoms. The van der Waals surface area contributed by atoms with Crippen molar-refractivity contribution < 1.29 is 34.3 Å². The molecule has 0 amide bonds. The Morgan fingerprint density at radius 3 is 2.43 bits per heavy atom. The summed E-state index contributed by atoms with van der Waals surface area (Å²) in [5.74, 6) is -0.368. The van der Waals surface area contributed by atoms with Crippen LogP contribution in [0.5, 0.6) is 0 Å². The van der Waals surface area contributed by atoms with Gasteiger partial charge in [-0.3, -0.25) is 4.79 Å². The molecule has 5 atom stereocenters. The van der Waals surface area contributed by atoms with E-state index in [0.717, 1.165) is 19.3 Å². The maximum absolute atomic E-state index is 11.5. The number of aliphatic hydroxyl groups is 3. The Bertz CT molecular complexity index is 310. The van der Waals surface area contributed by atoms with Gasteiger partial charge in [0.05, 0.1) is 0 Å². The Balaban J connectivity index is 2.43. The van der Waals surface area contributed by atoms with Crippen molar-refractivity contribution in [1.29, 1.82) is 0 Å². The van der Waals surface area contributed by atoms with Crippen LogP contribution >= 0.6 is 0 Å². The molecular weight excluding hydrogens is 280 g/mol. The van der Waals surface area contributed by atoms with E-state index in [4.69, 9.17) is 14.2 Å². The number of hydrogen-bond acceptors (Lipinski definition) is 7. The highest BCUT2D eigenvalue weighted by atomic mass is 16.7. The van der Waals surface area contributed by atoms with Crippen molar-refractivity contribution in [3.63, 3.8) is 0 Å². The second-order valence-electron chi connectivity index (χ2n) is 5.11. The van der Waals surface area contributed by atoms with Crippen LogP contribution in [-0.4, -0.2) is 65.2 Å². The van der Waals surface area contributed by atoms with Crippen LogP contribution in [-0.2, 0) is 19.0 Å². The predicted octanol–water partition coefficient (Wildman–Crippen LogP) is -0.0460. The highest BCUT2D eigenvalue weighted by molar-refractivity contribution is 5.69. The van der Waals surface area contributed by atoms with Crippen molar-refractivity contribution in [2.45, 2.75) is 70.2 Å². The topological polar surface area (TPSA) is 105 Å². The van der Waals surface area contributed by atoms with Crippen LogP contribution in [0.15, 0.2) is 0 Å². The van der Waals surface area contributed by atoms with Crippen LogP contribution in [0.4, 0.5) is 0 Å².